The van der Waals surface area contributed by atoms with Gasteiger partial charge in [0.05, 0.1) is 6.54 Å². The summed E-state index contributed by atoms with van der Waals surface area (Å²) in [7, 11) is 1.86. The van der Waals surface area contributed by atoms with Gasteiger partial charge in [0, 0.05) is 24.7 Å². The first-order valence-electron chi connectivity index (χ1n) is 10.5. The maximum atomic E-state index is 12.4. The van der Waals surface area contributed by atoms with Crippen LogP contribution in [0.4, 0.5) is 0 Å². The van der Waals surface area contributed by atoms with E-state index in [1.165, 1.54) is 19.3 Å². The number of amides is 1. The molecule has 29 heavy (non-hydrogen) atoms. The quantitative estimate of drug-likeness (QED) is 0.619. The number of likely N-dealkylation sites (tertiary alicyclic amines) is 1. The number of nitrogens with zero attached hydrogens (tertiary/aromatic N) is 2. The molecule has 0 atom stereocenters. The highest BCUT2D eigenvalue weighted by Gasteiger charge is 2.27. The Kier molecular flexibility index (Phi) is 4.72. The van der Waals surface area contributed by atoms with Gasteiger partial charge >= 0.3 is 0 Å². The van der Waals surface area contributed by atoms with Gasteiger partial charge in [-0.15, -0.1) is 0 Å². The highest BCUT2D eigenvalue weighted by molar-refractivity contribution is 6.01. The van der Waals surface area contributed by atoms with Crippen molar-refractivity contribution in [3.63, 3.8) is 0 Å². The number of piperidine rings is 1. The van der Waals surface area contributed by atoms with E-state index in [0.29, 0.717) is 6.54 Å². The maximum Gasteiger partial charge on any atom is 0.254 e. The molecule has 0 radical (unpaired) electrons. The summed E-state index contributed by atoms with van der Waals surface area (Å²) in [6.45, 7) is 3.84. The van der Waals surface area contributed by atoms with Crippen molar-refractivity contribution < 1.29 is 9.21 Å². The van der Waals surface area contributed by atoms with Crippen molar-refractivity contribution in [1.82, 2.24) is 9.80 Å². The predicted octanol–water partition coefficient (Wildman–Crippen LogP) is 5.19. The normalized spacial score (nSPS) is 17.0. The van der Waals surface area contributed by atoms with E-state index in [0.717, 1.165) is 59.0 Å². The molecule has 0 bridgehead atoms. The molecule has 2 aromatic carbocycles. The first-order chi connectivity index (χ1) is 14.2. The Labute approximate surface area is 171 Å². The monoisotopic (exact) mass is 386 g/mol. The van der Waals surface area contributed by atoms with E-state index in [4.69, 9.17) is 4.42 Å². The second-order valence-corrected chi connectivity index (χ2v) is 8.14. The zero-order chi connectivity index (χ0) is 19.8. The fourth-order valence-electron chi connectivity index (χ4n) is 4.60. The molecule has 148 valence electrons. The fraction of sp³-hybridized carbons (Fsp3) is 0.320. The molecule has 1 saturated heterocycles. The smallest absolute Gasteiger partial charge is 0.254 e. The second kappa shape index (κ2) is 7.53. The van der Waals surface area contributed by atoms with Gasteiger partial charge in [0.2, 0.25) is 0 Å². The van der Waals surface area contributed by atoms with E-state index in [1.807, 2.05) is 25.2 Å². The number of furan rings is 1. The highest BCUT2D eigenvalue weighted by Crippen LogP contribution is 2.38. The van der Waals surface area contributed by atoms with Crippen LogP contribution in [0.1, 0.15) is 40.9 Å². The van der Waals surface area contributed by atoms with E-state index < -0.39 is 0 Å². The summed E-state index contributed by atoms with van der Waals surface area (Å²) in [6.07, 6.45) is 3.90. The molecule has 0 unspecified atom stereocenters. The Morgan fingerprint density at radius 1 is 0.828 bits per heavy atom. The summed E-state index contributed by atoms with van der Waals surface area (Å²) in [5.41, 5.74) is 5.22. The van der Waals surface area contributed by atoms with Crippen LogP contribution in [0.3, 0.4) is 0 Å². The third-order valence-corrected chi connectivity index (χ3v) is 6.12. The van der Waals surface area contributed by atoms with Gasteiger partial charge in [-0.2, -0.15) is 0 Å². The molecule has 4 heteroatoms. The number of fused-ring (bicyclic) bond motifs is 1. The molecule has 1 aromatic heterocycles. The van der Waals surface area contributed by atoms with Crippen molar-refractivity contribution in [1.29, 1.82) is 0 Å². The molecule has 0 spiro atoms. The molecule has 1 amide bonds. The first kappa shape index (κ1) is 18.2. The molecule has 2 aliphatic rings. The number of benzene rings is 2. The zero-order valence-electron chi connectivity index (χ0n) is 16.9. The second-order valence-electron chi connectivity index (χ2n) is 8.14. The lowest BCUT2D eigenvalue weighted by atomic mass is 9.92. The third kappa shape index (κ3) is 3.38. The zero-order valence-corrected chi connectivity index (χ0v) is 16.9. The summed E-state index contributed by atoms with van der Waals surface area (Å²) in [4.78, 5) is 16.7. The fourth-order valence-corrected chi connectivity index (χ4v) is 4.60. The van der Waals surface area contributed by atoms with Crippen LogP contribution in [0.5, 0.6) is 0 Å². The van der Waals surface area contributed by atoms with Crippen LogP contribution < -0.4 is 0 Å². The van der Waals surface area contributed by atoms with Gasteiger partial charge in [0.1, 0.15) is 11.5 Å². The number of rotatable bonds is 4. The summed E-state index contributed by atoms with van der Waals surface area (Å²) >= 11 is 0. The lowest BCUT2D eigenvalue weighted by Crippen LogP contribution is -2.28. The number of hydrogen-bond donors (Lipinski definition) is 0. The van der Waals surface area contributed by atoms with Crippen LogP contribution in [0, 0.1) is 0 Å². The summed E-state index contributed by atoms with van der Waals surface area (Å²) in [6, 6.07) is 18.5. The van der Waals surface area contributed by atoms with Gasteiger partial charge in [-0.3, -0.25) is 9.69 Å². The molecule has 5 rings (SSSR count). The van der Waals surface area contributed by atoms with Crippen LogP contribution in [0.25, 0.3) is 22.5 Å². The van der Waals surface area contributed by atoms with E-state index in [9.17, 15) is 4.79 Å². The van der Waals surface area contributed by atoms with Crippen LogP contribution in [-0.2, 0) is 13.1 Å². The van der Waals surface area contributed by atoms with E-state index in [1.54, 1.807) is 4.90 Å². The van der Waals surface area contributed by atoms with Gasteiger partial charge < -0.3 is 9.32 Å². The Morgan fingerprint density at radius 2 is 1.55 bits per heavy atom. The molecule has 0 saturated carbocycles. The predicted molar refractivity (Wildman–Crippen MR) is 115 cm³/mol. The van der Waals surface area contributed by atoms with E-state index >= 15 is 0 Å². The minimum Gasteiger partial charge on any atom is -0.460 e. The average Bonchev–Trinajstić information content (AvgIpc) is 3.33. The average molecular weight is 386 g/mol. The Hall–Kier alpha value is -2.85. The molecule has 4 nitrogen and oxygen atoms in total. The molecule has 2 aliphatic heterocycles. The molecular weight excluding hydrogens is 360 g/mol. The van der Waals surface area contributed by atoms with Gasteiger partial charge in [-0.25, -0.2) is 0 Å². The topological polar surface area (TPSA) is 36.7 Å². The van der Waals surface area contributed by atoms with Crippen molar-refractivity contribution in [2.45, 2.75) is 32.4 Å². The number of carbonyl (C=O) groups is 1. The first-order valence-corrected chi connectivity index (χ1v) is 10.5. The van der Waals surface area contributed by atoms with E-state index in [-0.39, 0.29) is 5.91 Å². The van der Waals surface area contributed by atoms with Crippen molar-refractivity contribution in [3.8, 4) is 22.5 Å². The maximum absolute atomic E-state index is 12.4. The Bertz CT molecular complexity index is 1050. The van der Waals surface area contributed by atoms with Crippen molar-refractivity contribution >= 4 is 5.91 Å². The van der Waals surface area contributed by atoms with Gasteiger partial charge in [0.15, 0.2) is 0 Å². The molecule has 0 N–H and O–H groups in total. The Morgan fingerprint density at radius 3 is 2.38 bits per heavy atom. The third-order valence-electron chi connectivity index (χ3n) is 6.12. The van der Waals surface area contributed by atoms with Crippen LogP contribution in [0.15, 0.2) is 59.0 Å². The Balaban J connectivity index is 1.50. The van der Waals surface area contributed by atoms with Crippen molar-refractivity contribution in [3.05, 3.63) is 71.5 Å². The molecule has 3 aromatic rings. The van der Waals surface area contributed by atoms with E-state index in [2.05, 4.69) is 41.3 Å². The minimum atomic E-state index is 0.0983. The van der Waals surface area contributed by atoms with Gasteiger partial charge in [0.25, 0.3) is 5.91 Å². The highest BCUT2D eigenvalue weighted by atomic mass is 16.3. The van der Waals surface area contributed by atoms with Gasteiger partial charge in [-0.1, -0.05) is 42.8 Å². The number of hydrogen-bond acceptors (Lipinski definition) is 3. The minimum absolute atomic E-state index is 0.0983. The lowest BCUT2D eigenvalue weighted by molar-refractivity contribution is 0.0816. The summed E-state index contributed by atoms with van der Waals surface area (Å²) in [5, 5.41) is 0. The standard InChI is InChI=1S/C25H26N2O2/c1-26-17-23-20(10-7-11-22(23)25(26)28)19-8-3-4-9-21(19)24-13-12-18(29-24)16-27-14-5-2-6-15-27/h3-4,7-13H,2,5-6,14-17H2,1H3. The molecule has 1 fully saturated rings. The largest absolute Gasteiger partial charge is 0.460 e. The molecule has 0 aliphatic carbocycles. The number of carbonyl (C=O) groups excluding carboxylic acids is 1. The molecular formula is C25H26N2O2. The SMILES string of the molecule is CN1Cc2c(cccc2-c2ccccc2-c2ccc(CN3CCCCC3)o2)C1=O. The lowest BCUT2D eigenvalue weighted by Gasteiger charge is -2.25. The molecule has 3 heterocycles. The van der Waals surface area contributed by atoms with Crippen LogP contribution in [0.2, 0.25) is 0 Å². The van der Waals surface area contributed by atoms with Gasteiger partial charge in [-0.05, 0) is 60.8 Å². The van der Waals surface area contributed by atoms with Crippen molar-refractivity contribution in [2.75, 3.05) is 20.1 Å². The summed E-state index contributed by atoms with van der Waals surface area (Å²) in [5.74, 6) is 2.01. The summed E-state index contributed by atoms with van der Waals surface area (Å²) < 4.78 is 6.28. The van der Waals surface area contributed by atoms with Crippen molar-refractivity contribution in [2.24, 2.45) is 0 Å². The van der Waals surface area contributed by atoms with Crippen LogP contribution in [-0.4, -0.2) is 35.8 Å². The van der Waals surface area contributed by atoms with Crippen LogP contribution >= 0.6 is 0 Å².